The lowest BCUT2D eigenvalue weighted by Gasteiger charge is -2.05. The van der Waals surface area contributed by atoms with Gasteiger partial charge in [0.25, 0.3) is 20.2 Å². The molecule has 14 nitrogen and oxygen atoms in total. The summed E-state index contributed by atoms with van der Waals surface area (Å²) >= 11 is 0. The summed E-state index contributed by atoms with van der Waals surface area (Å²) in [5, 5.41) is 5.38. The second-order valence-corrected chi connectivity index (χ2v) is 10.9. The van der Waals surface area contributed by atoms with Gasteiger partial charge in [0.15, 0.2) is 0 Å². The molecule has 2 aromatic heterocycles. The molecule has 0 aliphatic carbocycles. The maximum absolute atomic E-state index is 11.6. The molecular weight excluding hydrogens is 576 g/mol. The molecular formula is C25H30N6O8S2. The van der Waals surface area contributed by atoms with Crippen molar-refractivity contribution in [1.29, 1.82) is 0 Å². The molecule has 0 bridgehead atoms. The summed E-state index contributed by atoms with van der Waals surface area (Å²) < 4.78 is 58.5. The van der Waals surface area contributed by atoms with Crippen molar-refractivity contribution in [2.24, 2.45) is 0 Å². The molecule has 2 amide bonds. The predicted octanol–water partition coefficient (Wildman–Crippen LogP) is 1.41. The molecule has 2 aromatic carbocycles. The maximum Gasteiger partial charge on any atom is 0.294 e. The first kappa shape index (κ1) is 32.8. The molecule has 4 rings (SSSR count). The smallest absolute Gasteiger partial charge is 0.294 e. The molecule has 2 heterocycles. The zero-order valence-electron chi connectivity index (χ0n) is 21.7. The van der Waals surface area contributed by atoms with E-state index in [0.29, 0.717) is 25.9 Å². The highest BCUT2D eigenvalue weighted by atomic mass is 32.2. The third kappa shape index (κ3) is 14.0. The van der Waals surface area contributed by atoms with Crippen LogP contribution in [0.25, 0.3) is 0 Å². The number of carbonyl (C=O) groups is 2. The van der Waals surface area contributed by atoms with Crippen LogP contribution in [0.1, 0.15) is 17.8 Å². The number of H-pyrrole nitrogens is 2. The second kappa shape index (κ2) is 16.7. The average Bonchev–Trinajstić information content (AvgIpc) is 3.64. The normalized spacial score (nSPS) is 10.8. The van der Waals surface area contributed by atoms with E-state index < -0.39 is 20.2 Å². The molecule has 41 heavy (non-hydrogen) atoms. The van der Waals surface area contributed by atoms with Crippen LogP contribution in [0.5, 0.6) is 0 Å². The third-order valence-corrected chi connectivity index (χ3v) is 6.68. The molecule has 0 saturated carbocycles. The molecule has 6 N–H and O–H groups in total. The van der Waals surface area contributed by atoms with E-state index in [1.165, 1.54) is 24.3 Å². The van der Waals surface area contributed by atoms with E-state index in [4.69, 9.17) is 9.11 Å². The van der Waals surface area contributed by atoms with E-state index in [-0.39, 0.29) is 28.0 Å². The Labute approximate surface area is 237 Å². The lowest BCUT2D eigenvalue weighted by atomic mass is 10.3. The average molecular weight is 607 g/mol. The molecule has 0 unspecified atom stereocenters. The molecule has 0 aliphatic rings. The van der Waals surface area contributed by atoms with Gasteiger partial charge in [-0.05, 0) is 24.3 Å². The van der Waals surface area contributed by atoms with Crippen LogP contribution >= 0.6 is 0 Å². The van der Waals surface area contributed by atoms with Crippen LogP contribution in [0.4, 0.5) is 0 Å². The van der Waals surface area contributed by atoms with Gasteiger partial charge in [-0.15, -0.1) is 0 Å². The van der Waals surface area contributed by atoms with Crippen LogP contribution in [-0.4, -0.2) is 70.8 Å². The standard InChI is InChI=1S/C13H18N6O2.2C6H6O3S/c20-12(16-3-1-10-6-14-8-18-10)5-13(21)17-4-2-11-7-15-9-19-11;2*7-10(8,9)6-4-2-1-3-5-6/h6-9H,1-5H2,(H,14,18)(H,15,19)(H,16,20)(H,17,21);2*1-5H,(H,7,8,9). The fraction of sp³-hybridized carbons (Fsp3) is 0.200. The summed E-state index contributed by atoms with van der Waals surface area (Å²) in [6.45, 7) is 0.949. The van der Waals surface area contributed by atoms with Gasteiger partial charge in [-0.1, -0.05) is 36.4 Å². The van der Waals surface area contributed by atoms with E-state index in [9.17, 15) is 26.4 Å². The molecule has 0 fully saturated rings. The van der Waals surface area contributed by atoms with Crippen molar-refractivity contribution in [1.82, 2.24) is 30.6 Å². The highest BCUT2D eigenvalue weighted by molar-refractivity contribution is 7.86. The number of nitrogens with one attached hydrogen (secondary N) is 4. The molecule has 4 aromatic rings. The third-order valence-electron chi connectivity index (χ3n) is 4.95. The van der Waals surface area contributed by atoms with Gasteiger partial charge in [-0.25, -0.2) is 9.97 Å². The van der Waals surface area contributed by atoms with Crippen LogP contribution in [0, 0.1) is 0 Å². The highest BCUT2D eigenvalue weighted by Crippen LogP contribution is 2.06. The first-order valence-corrected chi connectivity index (χ1v) is 14.9. The van der Waals surface area contributed by atoms with Gasteiger partial charge in [-0.2, -0.15) is 16.8 Å². The summed E-state index contributed by atoms with van der Waals surface area (Å²) in [7, 11) is -8.01. The minimum Gasteiger partial charge on any atom is -0.355 e. The van der Waals surface area contributed by atoms with Crippen LogP contribution in [0.2, 0.25) is 0 Å². The molecule has 0 radical (unpaired) electrons. The number of hydrogen-bond acceptors (Lipinski definition) is 8. The van der Waals surface area contributed by atoms with Crippen LogP contribution < -0.4 is 10.6 Å². The molecule has 0 aliphatic heterocycles. The van der Waals surface area contributed by atoms with Crippen molar-refractivity contribution in [3.63, 3.8) is 0 Å². The van der Waals surface area contributed by atoms with E-state index >= 15 is 0 Å². The van der Waals surface area contributed by atoms with Gasteiger partial charge in [-0.3, -0.25) is 18.7 Å². The van der Waals surface area contributed by atoms with Gasteiger partial charge < -0.3 is 20.6 Å². The van der Waals surface area contributed by atoms with Gasteiger partial charge >= 0.3 is 0 Å². The highest BCUT2D eigenvalue weighted by Gasteiger charge is 2.09. The number of nitrogens with zero attached hydrogens (tertiary/aromatic N) is 2. The zero-order chi connectivity index (χ0) is 30.1. The van der Waals surface area contributed by atoms with Crippen molar-refractivity contribution < 1.29 is 35.5 Å². The molecule has 0 saturated heterocycles. The fourth-order valence-electron chi connectivity index (χ4n) is 2.97. The lowest BCUT2D eigenvalue weighted by Crippen LogP contribution is -2.33. The Morgan fingerprint density at radius 1 is 0.659 bits per heavy atom. The number of rotatable bonds is 10. The summed E-state index contributed by atoms with van der Waals surface area (Å²) in [6.07, 6.45) is 7.74. The zero-order valence-corrected chi connectivity index (χ0v) is 23.3. The van der Waals surface area contributed by atoms with Crippen LogP contribution in [0.3, 0.4) is 0 Å². The number of imidazole rings is 2. The first-order valence-electron chi connectivity index (χ1n) is 12.0. The number of carbonyl (C=O) groups excluding carboxylic acids is 2. The van der Waals surface area contributed by atoms with E-state index in [1.54, 1.807) is 61.4 Å². The maximum atomic E-state index is 11.6. The Hall–Kier alpha value is -4.38. The lowest BCUT2D eigenvalue weighted by molar-refractivity contribution is -0.129. The monoisotopic (exact) mass is 606 g/mol. The Kier molecular flexibility index (Phi) is 13.3. The summed E-state index contributed by atoms with van der Waals surface area (Å²) in [4.78, 5) is 36.6. The Balaban J connectivity index is 0.000000244. The predicted molar refractivity (Wildman–Crippen MR) is 148 cm³/mol. The number of amides is 2. The SMILES string of the molecule is O=C(CC(=O)NCCc1cnc[nH]1)NCCc1cnc[nH]1.O=S(=O)(O)c1ccccc1.O=S(=O)(O)c1ccccc1. The van der Waals surface area contributed by atoms with E-state index in [2.05, 4.69) is 30.6 Å². The minimum absolute atomic E-state index is 0.0741. The van der Waals surface area contributed by atoms with E-state index in [1.807, 2.05) is 0 Å². The molecule has 220 valence electrons. The summed E-state index contributed by atoms with van der Waals surface area (Å²) in [5.41, 5.74) is 1.89. The van der Waals surface area contributed by atoms with Gasteiger partial charge in [0.1, 0.15) is 6.42 Å². The van der Waals surface area contributed by atoms with Crippen molar-refractivity contribution in [2.75, 3.05) is 13.1 Å². The largest absolute Gasteiger partial charge is 0.355 e. The minimum atomic E-state index is -4.00. The van der Waals surface area contributed by atoms with Gasteiger partial charge in [0, 0.05) is 49.7 Å². The Morgan fingerprint density at radius 3 is 1.29 bits per heavy atom. The quantitative estimate of drug-likeness (QED) is 0.112. The number of aromatic amines is 2. The van der Waals surface area contributed by atoms with Crippen molar-refractivity contribution in [3.8, 4) is 0 Å². The van der Waals surface area contributed by atoms with Crippen LogP contribution in [-0.2, 0) is 42.7 Å². The number of hydrogen-bond donors (Lipinski definition) is 6. The van der Waals surface area contributed by atoms with Crippen molar-refractivity contribution in [3.05, 3.63) is 97.1 Å². The summed E-state index contributed by atoms with van der Waals surface area (Å²) in [6, 6.07) is 14.8. The Morgan fingerprint density at radius 2 is 1.02 bits per heavy atom. The molecule has 0 spiro atoms. The molecule has 0 atom stereocenters. The van der Waals surface area contributed by atoms with Crippen molar-refractivity contribution >= 4 is 32.1 Å². The van der Waals surface area contributed by atoms with Gasteiger partial charge in [0.05, 0.1) is 22.4 Å². The molecule has 16 heteroatoms. The Bertz CT molecular complexity index is 1410. The number of aromatic nitrogens is 4. The van der Waals surface area contributed by atoms with E-state index in [0.717, 1.165) is 11.4 Å². The topological polar surface area (TPSA) is 224 Å². The van der Waals surface area contributed by atoms with Crippen LogP contribution in [0.15, 0.2) is 95.5 Å². The first-order chi connectivity index (χ1) is 19.4. The fourth-order valence-corrected chi connectivity index (χ4v) is 3.97. The summed E-state index contributed by atoms with van der Waals surface area (Å²) in [5.74, 6) is -0.567. The van der Waals surface area contributed by atoms with Gasteiger partial charge in [0.2, 0.25) is 11.8 Å². The number of benzene rings is 2. The second-order valence-electron chi connectivity index (χ2n) is 8.11. The van der Waals surface area contributed by atoms with Crippen molar-refractivity contribution in [2.45, 2.75) is 29.1 Å².